The van der Waals surface area contributed by atoms with Crippen LogP contribution in [0.4, 0.5) is 4.39 Å². The zero-order valence-electron chi connectivity index (χ0n) is 15.0. The fourth-order valence-corrected chi connectivity index (χ4v) is 3.44. The summed E-state index contributed by atoms with van der Waals surface area (Å²) in [5.74, 6) is 0.419. The Bertz CT molecular complexity index is 1090. The molecule has 4 nitrogen and oxygen atoms in total. The number of imidazole rings is 1. The summed E-state index contributed by atoms with van der Waals surface area (Å²) in [6, 6.07) is 15.0. The third kappa shape index (κ3) is 3.28. The fraction of sp³-hybridized carbons (Fsp3) is 0.143. The van der Waals surface area contributed by atoms with Crippen molar-refractivity contribution in [1.29, 1.82) is 0 Å². The molecule has 0 radical (unpaired) electrons. The molecule has 2 heterocycles. The Kier molecular flexibility index (Phi) is 4.81. The van der Waals surface area contributed by atoms with Gasteiger partial charge in [0.05, 0.1) is 18.0 Å². The highest BCUT2D eigenvalue weighted by Gasteiger charge is 2.18. The number of halogens is 1. The first-order valence-corrected chi connectivity index (χ1v) is 9.84. The number of fused-ring (bicyclic) bond motifs is 1. The summed E-state index contributed by atoms with van der Waals surface area (Å²) in [4.78, 5) is 10.2. The van der Waals surface area contributed by atoms with Crippen LogP contribution in [0.2, 0.25) is 0 Å². The van der Waals surface area contributed by atoms with E-state index in [-0.39, 0.29) is 5.75 Å². The van der Waals surface area contributed by atoms with E-state index < -0.39 is 5.82 Å². The summed E-state index contributed by atoms with van der Waals surface area (Å²) >= 11 is 1.69. The van der Waals surface area contributed by atoms with Gasteiger partial charge in [0.25, 0.3) is 0 Å². The number of ether oxygens (including phenoxy) is 1. The molecule has 0 aliphatic heterocycles. The van der Waals surface area contributed by atoms with Crippen molar-refractivity contribution in [2.45, 2.75) is 11.8 Å². The number of nitrogens with zero attached hydrogens (tertiary/aromatic N) is 3. The zero-order chi connectivity index (χ0) is 18.8. The molecule has 4 aromatic rings. The quantitative estimate of drug-likeness (QED) is 0.440. The predicted molar refractivity (Wildman–Crippen MR) is 107 cm³/mol. The van der Waals surface area contributed by atoms with Gasteiger partial charge in [0.15, 0.2) is 11.6 Å². The monoisotopic (exact) mass is 379 g/mol. The lowest BCUT2D eigenvalue weighted by molar-refractivity contribution is 0.321. The van der Waals surface area contributed by atoms with E-state index in [4.69, 9.17) is 4.74 Å². The molecule has 0 aliphatic carbocycles. The average molecular weight is 379 g/mol. The molecule has 0 N–H and O–H groups in total. The Balaban J connectivity index is 1.91. The normalized spacial score (nSPS) is 11.1. The summed E-state index contributed by atoms with van der Waals surface area (Å²) in [5.41, 5.74) is 3.25. The largest absolute Gasteiger partial charge is 0.491 e. The van der Waals surface area contributed by atoms with Gasteiger partial charge in [-0.25, -0.2) is 14.4 Å². The molecule has 4 rings (SSSR count). The first-order valence-electron chi connectivity index (χ1n) is 8.61. The second kappa shape index (κ2) is 7.40. The molecule has 136 valence electrons. The van der Waals surface area contributed by atoms with Crippen molar-refractivity contribution in [3.63, 3.8) is 0 Å². The standard InChI is InChI=1S/C21H18FN3OS/c1-3-26-18-10-7-15(13-17(18)22)19-20(14-5-8-16(27-2)9-6-14)25-12-4-11-23-21(25)24-19/h4-13H,3H2,1-2H3. The van der Waals surface area contributed by atoms with Gasteiger partial charge in [-0.15, -0.1) is 11.8 Å². The van der Waals surface area contributed by atoms with Crippen LogP contribution in [0.1, 0.15) is 6.92 Å². The molecule has 2 aromatic heterocycles. The minimum absolute atomic E-state index is 0.244. The van der Waals surface area contributed by atoms with Crippen molar-refractivity contribution in [2.75, 3.05) is 12.9 Å². The number of rotatable bonds is 5. The highest BCUT2D eigenvalue weighted by molar-refractivity contribution is 7.98. The van der Waals surface area contributed by atoms with Crippen LogP contribution in [-0.2, 0) is 0 Å². The Hall–Kier alpha value is -2.86. The molecule has 0 unspecified atom stereocenters. The van der Waals surface area contributed by atoms with Crippen LogP contribution in [0.5, 0.6) is 5.75 Å². The molecular weight excluding hydrogens is 361 g/mol. The minimum Gasteiger partial charge on any atom is -0.491 e. The van der Waals surface area contributed by atoms with E-state index in [1.54, 1.807) is 24.0 Å². The lowest BCUT2D eigenvalue weighted by Gasteiger charge is -2.08. The van der Waals surface area contributed by atoms with Crippen molar-refractivity contribution in [3.8, 4) is 28.3 Å². The van der Waals surface area contributed by atoms with Gasteiger partial charge in [-0.1, -0.05) is 12.1 Å². The highest BCUT2D eigenvalue weighted by atomic mass is 32.2. The highest BCUT2D eigenvalue weighted by Crippen LogP contribution is 2.34. The topological polar surface area (TPSA) is 39.4 Å². The van der Waals surface area contributed by atoms with Gasteiger partial charge in [-0.2, -0.15) is 0 Å². The summed E-state index contributed by atoms with van der Waals surface area (Å²) in [6.07, 6.45) is 5.66. The summed E-state index contributed by atoms with van der Waals surface area (Å²) in [5, 5.41) is 0. The second-order valence-corrected chi connectivity index (χ2v) is 6.79. The third-order valence-electron chi connectivity index (χ3n) is 4.27. The van der Waals surface area contributed by atoms with Gasteiger partial charge in [-0.3, -0.25) is 4.40 Å². The molecule has 2 aromatic carbocycles. The maximum atomic E-state index is 14.4. The van der Waals surface area contributed by atoms with Gasteiger partial charge in [0, 0.05) is 28.4 Å². The number of thioether (sulfide) groups is 1. The predicted octanol–water partition coefficient (Wildman–Crippen LogP) is 5.32. The molecule has 27 heavy (non-hydrogen) atoms. The van der Waals surface area contributed by atoms with Crippen LogP contribution in [0.25, 0.3) is 28.3 Å². The number of aromatic nitrogens is 3. The van der Waals surface area contributed by atoms with Crippen molar-refractivity contribution in [1.82, 2.24) is 14.4 Å². The molecule has 0 bridgehead atoms. The van der Waals surface area contributed by atoms with Crippen LogP contribution in [0.3, 0.4) is 0 Å². The molecule has 0 aliphatic rings. The molecular formula is C21H18FN3OS. The molecule has 0 amide bonds. The van der Waals surface area contributed by atoms with Crippen LogP contribution in [0.15, 0.2) is 65.8 Å². The third-order valence-corrected chi connectivity index (χ3v) is 5.02. The SMILES string of the molecule is CCOc1ccc(-c2nc3ncccn3c2-c2ccc(SC)cc2)cc1F. The lowest BCUT2D eigenvalue weighted by atomic mass is 10.0. The van der Waals surface area contributed by atoms with E-state index in [9.17, 15) is 4.39 Å². The first-order chi connectivity index (χ1) is 13.2. The summed E-state index contributed by atoms with van der Waals surface area (Å²) in [6.45, 7) is 2.25. The van der Waals surface area contributed by atoms with E-state index >= 15 is 0 Å². The smallest absolute Gasteiger partial charge is 0.234 e. The zero-order valence-corrected chi connectivity index (χ0v) is 15.8. The Morgan fingerprint density at radius 1 is 1.11 bits per heavy atom. The van der Waals surface area contributed by atoms with Crippen LogP contribution in [-0.4, -0.2) is 27.2 Å². The van der Waals surface area contributed by atoms with Gasteiger partial charge in [-0.05, 0) is 49.6 Å². The molecule has 0 atom stereocenters. The Morgan fingerprint density at radius 2 is 1.89 bits per heavy atom. The molecule has 6 heteroatoms. The maximum absolute atomic E-state index is 14.4. The van der Waals surface area contributed by atoms with E-state index in [2.05, 4.69) is 34.2 Å². The Morgan fingerprint density at radius 3 is 2.59 bits per heavy atom. The van der Waals surface area contributed by atoms with Crippen molar-refractivity contribution >= 4 is 17.5 Å². The molecule has 0 saturated heterocycles. The molecule has 0 saturated carbocycles. The van der Waals surface area contributed by atoms with Gasteiger partial charge in [0.1, 0.15) is 0 Å². The second-order valence-electron chi connectivity index (χ2n) is 5.91. The van der Waals surface area contributed by atoms with E-state index in [1.165, 1.54) is 11.0 Å². The maximum Gasteiger partial charge on any atom is 0.234 e. The minimum atomic E-state index is -0.400. The van der Waals surface area contributed by atoms with Crippen molar-refractivity contribution < 1.29 is 9.13 Å². The van der Waals surface area contributed by atoms with E-state index in [1.807, 2.05) is 35.9 Å². The summed E-state index contributed by atoms with van der Waals surface area (Å²) in [7, 11) is 0. The number of hydrogen-bond donors (Lipinski definition) is 0. The summed E-state index contributed by atoms with van der Waals surface area (Å²) < 4.78 is 21.7. The van der Waals surface area contributed by atoms with E-state index in [0.29, 0.717) is 23.6 Å². The first kappa shape index (κ1) is 17.5. The van der Waals surface area contributed by atoms with E-state index in [0.717, 1.165) is 11.3 Å². The van der Waals surface area contributed by atoms with Crippen molar-refractivity contribution in [2.24, 2.45) is 0 Å². The van der Waals surface area contributed by atoms with Crippen LogP contribution in [0, 0.1) is 5.82 Å². The number of benzene rings is 2. The van der Waals surface area contributed by atoms with Crippen molar-refractivity contribution in [3.05, 3.63) is 66.7 Å². The van der Waals surface area contributed by atoms with Gasteiger partial charge < -0.3 is 4.74 Å². The fourth-order valence-electron chi connectivity index (χ4n) is 3.03. The lowest BCUT2D eigenvalue weighted by Crippen LogP contribution is -1.95. The molecule has 0 fully saturated rings. The average Bonchev–Trinajstić information content (AvgIpc) is 3.09. The number of hydrogen-bond acceptors (Lipinski definition) is 4. The van der Waals surface area contributed by atoms with Gasteiger partial charge in [0.2, 0.25) is 5.78 Å². The molecule has 0 spiro atoms. The van der Waals surface area contributed by atoms with Crippen LogP contribution >= 0.6 is 11.8 Å². The van der Waals surface area contributed by atoms with Gasteiger partial charge >= 0.3 is 0 Å². The van der Waals surface area contributed by atoms with Crippen LogP contribution < -0.4 is 4.74 Å². The Labute approximate surface area is 161 Å².